The Bertz CT molecular complexity index is 541. The van der Waals surface area contributed by atoms with Crippen LogP contribution >= 0.6 is 0 Å². The number of alkyl halides is 3. The molecule has 9 heteroatoms. The average Bonchev–Trinajstić information content (AvgIpc) is 2.24. The van der Waals surface area contributed by atoms with Crippen molar-refractivity contribution in [1.82, 2.24) is 0 Å². The van der Waals surface area contributed by atoms with Crippen LogP contribution in [0.2, 0.25) is 0 Å². The molecule has 1 aromatic carbocycles. The first-order chi connectivity index (χ1) is 8.12. The molecule has 2 nitrogen and oxygen atoms in total. The van der Waals surface area contributed by atoms with E-state index in [1.807, 2.05) is 0 Å². The maximum absolute atomic E-state index is 13.0. The molecule has 0 N–H and O–H groups in total. The molecule has 0 unspecified atom stereocenters. The van der Waals surface area contributed by atoms with Crippen molar-refractivity contribution in [3.63, 3.8) is 0 Å². The molecule has 0 aliphatic carbocycles. The van der Waals surface area contributed by atoms with Crippen molar-refractivity contribution in [3.8, 4) is 6.07 Å². The second-order valence-electron chi connectivity index (χ2n) is 2.94. The number of Topliss-reactive ketones (excluding diaryl/α,β-unsaturated/α-hetero) is 1. The highest BCUT2D eigenvalue weighted by molar-refractivity contribution is 6.07. The molecule has 0 fully saturated rings. The zero-order valence-electron chi connectivity index (χ0n) is 8.00. The van der Waals surface area contributed by atoms with Crippen LogP contribution in [0.4, 0.5) is 30.7 Å². The number of rotatable bonds is 1. The van der Waals surface area contributed by atoms with Gasteiger partial charge in [0.05, 0.1) is 0 Å². The summed E-state index contributed by atoms with van der Waals surface area (Å²) in [4.78, 5) is 10.7. The number of hydrogen-bond donors (Lipinski definition) is 0. The van der Waals surface area contributed by atoms with Gasteiger partial charge in [-0.2, -0.15) is 18.4 Å². The van der Waals surface area contributed by atoms with Gasteiger partial charge >= 0.3 is 6.18 Å². The molecule has 0 radical (unpaired) electrons. The Morgan fingerprint density at radius 3 is 1.61 bits per heavy atom. The fourth-order valence-corrected chi connectivity index (χ4v) is 1.14. The maximum Gasteiger partial charge on any atom is 0.422 e. The van der Waals surface area contributed by atoms with Gasteiger partial charge in [0.15, 0.2) is 23.3 Å². The smallest absolute Gasteiger partial charge is 0.277 e. The van der Waals surface area contributed by atoms with Crippen LogP contribution in [-0.4, -0.2) is 5.78 Å². The third kappa shape index (κ3) is 2.01. The van der Waals surface area contributed by atoms with E-state index in [1.54, 1.807) is 0 Å². The molecule has 0 atom stereocenters. The number of benzene rings is 1. The summed E-state index contributed by atoms with van der Waals surface area (Å²) in [5, 5.41) is 8.05. The number of ketones is 1. The summed E-state index contributed by atoms with van der Waals surface area (Å²) >= 11 is 0. The summed E-state index contributed by atoms with van der Waals surface area (Å²) in [6.45, 7) is 0. The Morgan fingerprint density at radius 2 is 1.33 bits per heavy atom. The summed E-state index contributed by atoms with van der Waals surface area (Å²) in [5.74, 6) is -12.7. The molecule has 0 amide bonds. The first kappa shape index (κ1) is 14.0. The van der Waals surface area contributed by atoms with Crippen molar-refractivity contribution in [3.05, 3.63) is 34.4 Å². The van der Waals surface area contributed by atoms with Gasteiger partial charge in [-0.05, 0) is 0 Å². The van der Waals surface area contributed by atoms with Gasteiger partial charge in [0.2, 0.25) is 0 Å². The van der Waals surface area contributed by atoms with Gasteiger partial charge in [-0.15, -0.1) is 0 Å². The van der Waals surface area contributed by atoms with Gasteiger partial charge in [0.25, 0.3) is 5.78 Å². The van der Waals surface area contributed by atoms with Crippen molar-refractivity contribution in [2.75, 3.05) is 0 Å². The summed E-state index contributed by atoms with van der Waals surface area (Å²) in [6, 6.07) is 0.642. The van der Waals surface area contributed by atoms with Crippen molar-refractivity contribution < 1.29 is 35.5 Å². The van der Waals surface area contributed by atoms with Crippen LogP contribution in [0.3, 0.4) is 0 Å². The van der Waals surface area contributed by atoms with E-state index in [0.717, 1.165) is 0 Å². The minimum atomic E-state index is -5.69. The zero-order chi connectivity index (χ0) is 14.2. The summed E-state index contributed by atoms with van der Waals surface area (Å²) in [5.41, 5.74) is -4.80. The van der Waals surface area contributed by atoms with Gasteiger partial charge in [0, 0.05) is 0 Å². The second kappa shape index (κ2) is 4.29. The number of halogens is 7. The fraction of sp³-hybridized carbons (Fsp3) is 0.111. The van der Waals surface area contributed by atoms with E-state index >= 15 is 0 Å². The van der Waals surface area contributed by atoms with Crippen LogP contribution in [-0.2, 0) is 6.18 Å². The quantitative estimate of drug-likeness (QED) is 0.341. The van der Waals surface area contributed by atoms with Crippen LogP contribution < -0.4 is 0 Å². The summed E-state index contributed by atoms with van der Waals surface area (Å²) < 4.78 is 88.3. The van der Waals surface area contributed by atoms with E-state index in [9.17, 15) is 35.5 Å². The molecule has 0 spiro atoms. The molecule has 0 saturated heterocycles. The fourth-order valence-electron chi connectivity index (χ4n) is 1.14. The Morgan fingerprint density at radius 1 is 0.944 bits per heavy atom. The molecular weight excluding hydrogens is 271 g/mol. The molecule has 1 rings (SSSR count). The van der Waals surface area contributed by atoms with Gasteiger partial charge in [-0.25, -0.2) is 17.6 Å². The second-order valence-corrected chi connectivity index (χ2v) is 2.94. The first-order valence-electron chi connectivity index (χ1n) is 4.00. The highest BCUT2D eigenvalue weighted by atomic mass is 19.4. The lowest BCUT2D eigenvalue weighted by molar-refractivity contribution is -0.143. The Kier molecular flexibility index (Phi) is 3.32. The Balaban J connectivity index is 3.79. The minimum absolute atomic E-state index is 0.642. The Labute approximate surface area is 94.2 Å². The maximum atomic E-state index is 13.0. The van der Waals surface area contributed by atoms with Crippen molar-refractivity contribution in [2.45, 2.75) is 6.18 Å². The highest BCUT2D eigenvalue weighted by Crippen LogP contribution is 2.36. The highest BCUT2D eigenvalue weighted by Gasteiger charge is 2.43. The number of carbonyl (C=O) groups excluding carboxylic acids is 1. The molecule has 96 valence electrons. The number of nitriles is 1. The molecule has 0 bridgehead atoms. The molecule has 0 aliphatic heterocycles. The van der Waals surface area contributed by atoms with Crippen LogP contribution in [0.5, 0.6) is 0 Å². The Hall–Kier alpha value is -2.11. The molecular formula is C9F7NO. The summed E-state index contributed by atoms with van der Waals surface area (Å²) in [6.07, 6.45) is -5.69. The van der Waals surface area contributed by atoms with E-state index in [0.29, 0.717) is 6.07 Å². The monoisotopic (exact) mass is 271 g/mol. The van der Waals surface area contributed by atoms with Crippen molar-refractivity contribution in [1.29, 1.82) is 5.26 Å². The van der Waals surface area contributed by atoms with Crippen LogP contribution in [0.15, 0.2) is 0 Å². The standard InChI is InChI=1S/C9F7NO/c10-5-3(2(18)1-17)6(11)8(13)4(7(5)12)9(14,15)16. The normalized spacial score (nSPS) is 11.2. The van der Waals surface area contributed by atoms with E-state index < -0.39 is 46.4 Å². The van der Waals surface area contributed by atoms with E-state index in [1.165, 1.54) is 0 Å². The van der Waals surface area contributed by atoms with Gasteiger partial charge in [0.1, 0.15) is 17.2 Å². The van der Waals surface area contributed by atoms with Crippen LogP contribution in [0.1, 0.15) is 15.9 Å². The topological polar surface area (TPSA) is 40.9 Å². The SMILES string of the molecule is N#CC(=O)c1c(F)c(F)c(C(F)(F)F)c(F)c1F. The molecule has 0 aromatic heterocycles. The number of nitrogens with zero attached hydrogens (tertiary/aromatic N) is 1. The minimum Gasteiger partial charge on any atom is -0.277 e. The molecule has 0 saturated carbocycles. The van der Waals surface area contributed by atoms with Gasteiger partial charge < -0.3 is 0 Å². The van der Waals surface area contributed by atoms with E-state index in [4.69, 9.17) is 5.26 Å². The summed E-state index contributed by atoms with van der Waals surface area (Å²) in [7, 11) is 0. The largest absolute Gasteiger partial charge is 0.422 e. The van der Waals surface area contributed by atoms with Crippen molar-refractivity contribution >= 4 is 5.78 Å². The zero-order valence-corrected chi connectivity index (χ0v) is 8.00. The number of hydrogen-bond acceptors (Lipinski definition) is 2. The lowest BCUT2D eigenvalue weighted by Crippen LogP contribution is -2.18. The molecule has 0 heterocycles. The predicted octanol–water partition coefficient (Wildman–Crippen LogP) is 2.97. The molecule has 0 aliphatic rings. The van der Waals surface area contributed by atoms with Gasteiger partial charge in [-0.1, -0.05) is 0 Å². The van der Waals surface area contributed by atoms with Crippen molar-refractivity contribution in [2.24, 2.45) is 0 Å². The third-order valence-corrected chi connectivity index (χ3v) is 1.88. The lowest BCUT2D eigenvalue weighted by Gasteiger charge is -2.12. The predicted molar refractivity (Wildman–Crippen MR) is 41.2 cm³/mol. The first-order valence-corrected chi connectivity index (χ1v) is 4.00. The lowest BCUT2D eigenvalue weighted by atomic mass is 10.0. The van der Waals surface area contributed by atoms with Gasteiger partial charge in [-0.3, -0.25) is 4.79 Å². The third-order valence-electron chi connectivity index (χ3n) is 1.88. The van der Waals surface area contributed by atoms with E-state index in [-0.39, 0.29) is 0 Å². The average molecular weight is 271 g/mol. The van der Waals surface area contributed by atoms with E-state index in [2.05, 4.69) is 0 Å². The molecule has 18 heavy (non-hydrogen) atoms. The number of carbonyl (C=O) groups is 1. The molecule has 1 aromatic rings. The van der Waals surface area contributed by atoms with Crippen LogP contribution in [0, 0.1) is 34.6 Å². The van der Waals surface area contributed by atoms with Crippen LogP contribution in [0.25, 0.3) is 0 Å².